The largest absolute Gasteiger partial charge is 0.396 e. The molecular formula is C25H34N4O2. The van der Waals surface area contributed by atoms with Gasteiger partial charge in [0.2, 0.25) is 5.91 Å². The van der Waals surface area contributed by atoms with Crippen molar-refractivity contribution >= 4 is 11.9 Å². The summed E-state index contributed by atoms with van der Waals surface area (Å²) in [7, 11) is 1.69. The summed E-state index contributed by atoms with van der Waals surface area (Å²) >= 11 is 0. The second-order valence-corrected chi connectivity index (χ2v) is 8.11. The number of hydrogen-bond donors (Lipinski definition) is 3. The molecule has 0 radical (unpaired) electrons. The molecule has 0 aromatic heterocycles. The highest BCUT2D eigenvalue weighted by Crippen LogP contribution is 2.21. The van der Waals surface area contributed by atoms with E-state index in [1.54, 1.807) is 7.05 Å². The zero-order chi connectivity index (χ0) is 21.9. The zero-order valence-corrected chi connectivity index (χ0v) is 18.3. The van der Waals surface area contributed by atoms with Crippen molar-refractivity contribution in [3.8, 4) is 0 Å². The first-order chi connectivity index (χ1) is 15.2. The number of carbonyl (C=O) groups is 1. The van der Waals surface area contributed by atoms with Crippen molar-refractivity contribution in [2.45, 2.75) is 25.2 Å². The van der Waals surface area contributed by atoms with Crippen molar-refractivity contribution in [3.63, 3.8) is 0 Å². The molecule has 0 saturated carbocycles. The van der Waals surface area contributed by atoms with Gasteiger partial charge in [-0.15, -0.1) is 0 Å². The van der Waals surface area contributed by atoms with Crippen molar-refractivity contribution in [2.24, 2.45) is 10.9 Å². The number of carbonyl (C=O) groups excluding carboxylic acids is 1. The lowest BCUT2D eigenvalue weighted by molar-refractivity contribution is -0.131. The van der Waals surface area contributed by atoms with E-state index in [1.807, 2.05) is 41.3 Å². The molecular weight excluding hydrogens is 388 g/mol. The van der Waals surface area contributed by atoms with Gasteiger partial charge in [0.05, 0.1) is 13.2 Å². The molecule has 1 aliphatic heterocycles. The van der Waals surface area contributed by atoms with Gasteiger partial charge in [0, 0.05) is 32.6 Å². The number of aliphatic hydroxyl groups is 1. The van der Waals surface area contributed by atoms with Crippen LogP contribution < -0.4 is 10.6 Å². The Bertz CT molecular complexity index is 818. The molecule has 6 heteroatoms. The number of guanidine groups is 1. The van der Waals surface area contributed by atoms with Gasteiger partial charge in [-0.05, 0) is 36.3 Å². The standard InChI is InChI=1S/C25H34N4O2/c1-26-25(27-17-23(19-30)22-10-6-3-7-11-22)28-18-24(31)29-14-12-21(13-15-29)16-20-8-4-2-5-9-20/h2-11,21,23,30H,12-19H2,1H3,(H2,26,27,28). The van der Waals surface area contributed by atoms with E-state index < -0.39 is 0 Å². The molecule has 2 aromatic carbocycles. The lowest BCUT2D eigenvalue weighted by atomic mass is 9.90. The number of likely N-dealkylation sites (tertiary alicyclic amines) is 1. The van der Waals surface area contributed by atoms with Crippen LogP contribution in [0.15, 0.2) is 65.7 Å². The third-order valence-corrected chi connectivity index (χ3v) is 5.97. The lowest BCUT2D eigenvalue weighted by Crippen LogP contribution is -2.47. The Morgan fingerprint density at radius 1 is 1.06 bits per heavy atom. The molecule has 2 aromatic rings. The normalized spacial score (nSPS) is 16.1. The highest BCUT2D eigenvalue weighted by molar-refractivity contribution is 5.86. The Balaban J connectivity index is 1.39. The average molecular weight is 423 g/mol. The molecule has 1 amide bonds. The summed E-state index contributed by atoms with van der Waals surface area (Å²) in [6.45, 7) is 2.43. The number of aliphatic imine (C=N–C) groups is 1. The number of piperidine rings is 1. The van der Waals surface area contributed by atoms with Crippen molar-refractivity contribution in [1.29, 1.82) is 0 Å². The van der Waals surface area contributed by atoms with Crippen LogP contribution in [0, 0.1) is 5.92 Å². The van der Waals surface area contributed by atoms with E-state index >= 15 is 0 Å². The number of aliphatic hydroxyl groups excluding tert-OH is 1. The summed E-state index contributed by atoms with van der Waals surface area (Å²) in [5, 5.41) is 16.0. The summed E-state index contributed by atoms with van der Waals surface area (Å²) in [6, 6.07) is 20.5. The van der Waals surface area contributed by atoms with Crippen molar-refractivity contribution in [3.05, 3.63) is 71.8 Å². The molecule has 1 aliphatic rings. The Labute approximate surface area is 185 Å². The van der Waals surface area contributed by atoms with Gasteiger partial charge in [-0.25, -0.2) is 0 Å². The maximum absolute atomic E-state index is 12.6. The minimum atomic E-state index is -0.0286. The molecule has 0 spiro atoms. The van der Waals surface area contributed by atoms with Crippen molar-refractivity contribution in [2.75, 3.05) is 39.8 Å². The molecule has 3 rings (SSSR count). The molecule has 166 valence electrons. The summed E-state index contributed by atoms with van der Waals surface area (Å²) in [5.41, 5.74) is 2.45. The van der Waals surface area contributed by atoms with Gasteiger partial charge in [-0.1, -0.05) is 60.7 Å². The highest BCUT2D eigenvalue weighted by Gasteiger charge is 2.23. The molecule has 31 heavy (non-hydrogen) atoms. The number of benzene rings is 2. The molecule has 3 N–H and O–H groups in total. The predicted octanol–water partition coefficient (Wildman–Crippen LogP) is 2.41. The van der Waals surface area contributed by atoms with Crippen molar-refractivity contribution < 1.29 is 9.90 Å². The Kier molecular flexibility index (Phi) is 8.91. The SMILES string of the molecule is CN=C(NCC(=O)N1CCC(Cc2ccccc2)CC1)NCC(CO)c1ccccc1. The van der Waals surface area contributed by atoms with Crippen LogP contribution in [0.4, 0.5) is 0 Å². The molecule has 1 atom stereocenters. The Morgan fingerprint density at radius 3 is 2.32 bits per heavy atom. The molecule has 1 fully saturated rings. The minimum absolute atomic E-state index is 0.0286. The predicted molar refractivity (Wildman–Crippen MR) is 125 cm³/mol. The van der Waals surface area contributed by atoms with Gasteiger partial charge in [0.15, 0.2) is 5.96 Å². The third-order valence-electron chi connectivity index (χ3n) is 5.97. The summed E-state index contributed by atoms with van der Waals surface area (Å²) in [6.07, 6.45) is 3.18. The molecule has 0 bridgehead atoms. The monoisotopic (exact) mass is 422 g/mol. The fourth-order valence-corrected chi connectivity index (χ4v) is 4.06. The van der Waals surface area contributed by atoms with E-state index in [0.717, 1.165) is 37.9 Å². The average Bonchev–Trinajstić information content (AvgIpc) is 2.83. The highest BCUT2D eigenvalue weighted by atomic mass is 16.3. The summed E-state index contributed by atoms with van der Waals surface area (Å²) in [5.74, 6) is 1.28. The third kappa shape index (κ3) is 7.10. The second-order valence-electron chi connectivity index (χ2n) is 8.11. The molecule has 0 aliphatic carbocycles. The van der Waals surface area contributed by atoms with Gasteiger partial charge < -0.3 is 20.6 Å². The van der Waals surface area contributed by atoms with E-state index in [1.165, 1.54) is 5.56 Å². The van der Waals surface area contributed by atoms with Crippen LogP contribution >= 0.6 is 0 Å². The first kappa shape index (κ1) is 22.8. The van der Waals surface area contributed by atoms with Gasteiger partial charge in [0.25, 0.3) is 0 Å². The maximum Gasteiger partial charge on any atom is 0.241 e. The fraction of sp³-hybridized carbons (Fsp3) is 0.440. The smallest absolute Gasteiger partial charge is 0.241 e. The quantitative estimate of drug-likeness (QED) is 0.451. The van der Waals surface area contributed by atoms with Gasteiger partial charge in [-0.3, -0.25) is 9.79 Å². The first-order valence-electron chi connectivity index (χ1n) is 11.1. The van der Waals surface area contributed by atoms with E-state index in [0.29, 0.717) is 18.4 Å². The maximum atomic E-state index is 12.6. The summed E-state index contributed by atoms with van der Waals surface area (Å²) < 4.78 is 0. The molecule has 6 nitrogen and oxygen atoms in total. The van der Waals surface area contributed by atoms with E-state index in [2.05, 4.69) is 39.9 Å². The number of hydrogen-bond acceptors (Lipinski definition) is 3. The molecule has 1 unspecified atom stereocenters. The minimum Gasteiger partial charge on any atom is -0.396 e. The number of nitrogens with one attached hydrogen (secondary N) is 2. The van der Waals surface area contributed by atoms with E-state index in [9.17, 15) is 9.90 Å². The van der Waals surface area contributed by atoms with Gasteiger partial charge in [0.1, 0.15) is 0 Å². The fourth-order valence-electron chi connectivity index (χ4n) is 4.06. The van der Waals surface area contributed by atoms with Crippen LogP contribution in [0.2, 0.25) is 0 Å². The van der Waals surface area contributed by atoms with Crippen LogP contribution in [0.5, 0.6) is 0 Å². The van der Waals surface area contributed by atoms with Crippen molar-refractivity contribution in [1.82, 2.24) is 15.5 Å². The van der Waals surface area contributed by atoms with E-state index in [-0.39, 0.29) is 25.0 Å². The van der Waals surface area contributed by atoms with Crippen LogP contribution in [0.25, 0.3) is 0 Å². The number of rotatable bonds is 8. The van der Waals surface area contributed by atoms with Gasteiger partial charge >= 0.3 is 0 Å². The topological polar surface area (TPSA) is 77.0 Å². The Morgan fingerprint density at radius 2 is 1.71 bits per heavy atom. The molecule has 1 heterocycles. The zero-order valence-electron chi connectivity index (χ0n) is 18.3. The first-order valence-corrected chi connectivity index (χ1v) is 11.1. The van der Waals surface area contributed by atoms with Crippen LogP contribution in [-0.2, 0) is 11.2 Å². The van der Waals surface area contributed by atoms with Crippen LogP contribution in [-0.4, -0.2) is 61.7 Å². The van der Waals surface area contributed by atoms with Gasteiger partial charge in [-0.2, -0.15) is 0 Å². The van der Waals surface area contributed by atoms with Crippen LogP contribution in [0.1, 0.15) is 29.9 Å². The number of nitrogens with zero attached hydrogens (tertiary/aromatic N) is 2. The number of amides is 1. The summed E-state index contributed by atoms with van der Waals surface area (Å²) in [4.78, 5) is 18.8. The second kappa shape index (κ2) is 12.1. The Hall–Kier alpha value is -2.86. The molecule has 1 saturated heterocycles. The lowest BCUT2D eigenvalue weighted by Gasteiger charge is -2.32. The van der Waals surface area contributed by atoms with E-state index in [4.69, 9.17) is 0 Å². The van der Waals surface area contributed by atoms with Crippen LogP contribution in [0.3, 0.4) is 0 Å².